The SMILES string of the molecule is [2H]C([2H])([2H])OCc1c([C@H](C)CO)nc(C(C)C)c(C=C[C@@H](O)C[C@@H](O)CC(=O)[O-])c1-c1ccc(F)cc1.[Na+]. The number of methoxy groups -OCH3 is 1. The number of carboxylic acids is 1. The van der Waals surface area contributed by atoms with Crippen molar-refractivity contribution in [1.82, 2.24) is 4.98 Å². The van der Waals surface area contributed by atoms with Gasteiger partial charge in [-0.05, 0) is 29.2 Å². The quantitative estimate of drug-likeness (QED) is 0.337. The van der Waals surface area contributed by atoms with Crippen LogP contribution in [-0.2, 0) is 16.1 Å². The zero-order chi connectivity index (χ0) is 27.9. The van der Waals surface area contributed by atoms with E-state index in [-0.39, 0.29) is 55.1 Å². The van der Waals surface area contributed by atoms with Crippen LogP contribution in [0.3, 0.4) is 0 Å². The number of ether oxygens (including phenoxy) is 1. The minimum atomic E-state index is -2.71. The molecule has 0 saturated heterocycles. The molecule has 0 fully saturated rings. The average Bonchev–Trinajstić information content (AvgIpc) is 2.79. The fourth-order valence-corrected chi connectivity index (χ4v) is 3.78. The average molecular weight is 501 g/mol. The molecule has 2 aromatic rings. The number of aliphatic carboxylic acids is 1. The maximum atomic E-state index is 13.8. The van der Waals surface area contributed by atoms with Gasteiger partial charge in [0.25, 0.3) is 0 Å². The van der Waals surface area contributed by atoms with E-state index in [0.29, 0.717) is 33.6 Å². The molecule has 0 radical (unpaired) electrons. The predicted octanol–water partition coefficient (Wildman–Crippen LogP) is -0.478. The maximum Gasteiger partial charge on any atom is 1.00 e. The summed E-state index contributed by atoms with van der Waals surface area (Å²) in [6.07, 6.45) is -0.486. The molecule has 3 atom stereocenters. The van der Waals surface area contributed by atoms with Crippen LogP contribution in [0.2, 0.25) is 0 Å². The molecule has 0 spiro atoms. The first-order valence-corrected chi connectivity index (χ1v) is 11.0. The Morgan fingerprint density at radius 2 is 1.89 bits per heavy atom. The van der Waals surface area contributed by atoms with Crippen LogP contribution in [0.15, 0.2) is 30.3 Å². The van der Waals surface area contributed by atoms with Gasteiger partial charge < -0.3 is 30.0 Å². The molecule has 35 heavy (non-hydrogen) atoms. The van der Waals surface area contributed by atoms with Crippen molar-refractivity contribution in [1.29, 1.82) is 0 Å². The molecular weight excluding hydrogens is 464 g/mol. The molecule has 186 valence electrons. The van der Waals surface area contributed by atoms with E-state index in [0.717, 1.165) is 0 Å². The summed E-state index contributed by atoms with van der Waals surface area (Å²) in [7, 11) is -2.71. The van der Waals surface area contributed by atoms with Gasteiger partial charge in [0.2, 0.25) is 0 Å². The number of carbonyl (C=O) groups is 1. The first kappa shape index (κ1) is 26.4. The normalized spacial score (nSPS) is 15.7. The molecule has 1 aromatic carbocycles. The van der Waals surface area contributed by atoms with E-state index >= 15 is 0 Å². The minimum absolute atomic E-state index is 0. The van der Waals surface area contributed by atoms with E-state index in [1.165, 1.54) is 30.3 Å². The van der Waals surface area contributed by atoms with E-state index in [2.05, 4.69) is 0 Å². The van der Waals surface area contributed by atoms with Crippen molar-refractivity contribution in [3.63, 3.8) is 0 Å². The van der Waals surface area contributed by atoms with E-state index in [1.807, 2.05) is 13.8 Å². The van der Waals surface area contributed by atoms with Gasteiger partial charge in [0, 0.05) is 42.9 Å². The summed E-state index contributed by atoms with van der Waals surface area (Å²) in [5.74, 6) is -2.54. The van der Waals surface area contributed by atoms with Gasteiger partial charge in [0.1, 0.15) is 5.82 Å². The summed E-state index contributed by atoms with van der Waals surface area (Å²) in [4.78, 5) is 15.5. The molecule has 0 amide bonds. The Hall–Kier alpha value is -1.65. The van der Waals surface area contributed by atoms with Crippen LogP contribution < -0.4 is 34.7 Å². The first-order valence-electron chi connectivity index (χ1n) is 12.5. The third-order valence-electron chi connectivity index (χ3n) is 5.43. The Balaban J connectivity index is 0.00000722. The van der Waals surface area contributed by atoms with Crippen LogP contribution in [0, 0.1) is 5.82 Å². The van der Waals surface area contributed by atoms with Crippen LogP contribution in [0.1, 0.15) is 72.1 Å². The molecule has 1 heterocycles. The van der Waals surface area contributed by atoms with Gasteiger partial charge in [0.05, 0.1) is 40.9 Å². The predicted molar refractivity (Wildman–Crippen MR) is 125 cm³/mol. The van der Waals surface area contributed by atoms with E-state index in [4.69, 9.17) is 13.8 Å². The summed E-state index contributed by atoms with van der Waals surface area (Å²) in [5.41, 5.74) is 2.93. The number of hydrogen-bond acceptors (Lipinski definition) is 7. The molecule has 3 N–H and O–H groups in total. The Bertz CT molecular complexity index is 1100. The second-order valence-electron chi connectivity index (χ2n) is 8.58. The number of carbonyl (C=O) groups excluding carboxylic acids is 1. The second kappa shape index (κ2) is 14.8. The molecule has 0 unspecified atom stereocenters. The summed E-state index contributed by atoms with van der Waals surface area (Å²) in [5, 5.41) is 40.9. The van der Waals surface area contributed by atoms with Crippen molar-refractivity contribution in [2.45, 2.75) is 64.3 Å². The first-order chi connectivity index (χ1) is 17.2. The van der Waals surface area contributed by atoms with Gasteiger partial charge in [-0.25, -0.2) is 4.39 Å². The molecule has 0 bridgehead atoms. The summed E-state index contributed by atoms with van der Waals surface area (Å²) in [6, 6.07) is 5.57. The standard InChI is InChI=1S/C26H34FNO6.Na/c1-15(2)25-21(10-9-19(30)11-20(31)12-23(32)33)24(17-5-7-18(27)8-6-17)22(14-34-4)26(28-25)16(3)13-29;/h5-10,15-16,19-20,29-31H,11-14H2,1-4H3,(H,32,33);/q;+1/p-1/t16-,19-,20-;/m1./s1/i4D3;. The Morgan fingerprint density at radius 1 is 1.23 bits per heavy atom. The summed E-state index contributed by atoms with van der Waals surface area (Å²) < 4.78 is 41.4. The zero-order valence-electron chi connectivity index (χ0n) is 23.5. The molecule has 0 saturated carbocycles. The Labute approximate surface area is 232 Å². The van der Waals surface area contributed by atoms with Crippen molar-refractivity contribution in [3.05, 3.63) is 58.7 Å². The minimum Gasteiger partial charge on any atom is -0.550 e. The molecule has 7 nitrogen and oxygen atoms in total. The van der Waals surface area contributed by atoms with Crippen LogP contribution in [-0.4, -0.2) is 52.1 Å². The second-order valence-corrected chi connectivity index (χ2v) is 8.58. The van der Waals surface area contributed by atoms with E-state index in [1.54, 1.807) is 13.0 Å². The number of hydrogen-bond donors (Lipinski definition) is 3. The molecule has 0 aliphatic heterocycles. The van der Waals surface area contributed by atoms with Crippen LogP contribution in [0.4, 0.5) is 4.39 Å². The van der Waals surface area contributed by atoms with Crippen molar-refractivity contribution < 1.29 is 68.0 Å². The van der Waals surface area contributed by atoms with E-state index < -0.39 is 43.4 Å². The number of aliphatic hydroxyl groups excluding tert-OH is 3. The zero-order valence-corrected chi connectivity index (χ0v) is 22.5. The number of aromatic nitrogens is 1. The third kappa shape index (κ3) is 8.75. The topological polar surface area (TPSA) is 123 Å². The van der Waals surface area contributed by atoms with Crippen molar-refractivity contribution in [2.75, 3.05) is 13.6 Å². The van der Waals surface area contributed by atoms with Gasteiger partial charge in [-0.15, -0.1) is 0 Å². The Kier molecular flexibility index (Phi) is 11.2. The number of aliphatic hydroxyl groups is 3. The van der Waals surface area contributed by atoms with Crippen LogP contribution in [0.25, 0.3) is 17.2 Å². The van der Waals surface area contributed by atoms with Gasteiger partial charge in [0.15, 0.2) is 0 Å². The third-order valence-corrected chi connectivity index (χ3v) is 5.43. The molecule has 1 aromatic heterocycles. The number of carboxylic acid groups (broad SMARTS) is 1. The van der Waals surface area contributed by atoms with Gasteiger partial charge in [-0.3, -0.25) is 4.98 Å². The van der Waals surface area contributed by atoms with Crippen LogP contribution >= 0.6 is 0 Å². The van der Waals surface area contributed by atoms with Crippen molar-refractivity contribution in [2.24, 2.45) is 0 Å². The van der Waals surface area contributed by atoms with Crippen LogP contribution in [0.5, 0.6) is 0 Å². The Morgan fingerprint density at radius 3 is 2.43 bits per heavy atom. The molecule has 2 rings (SSSR count). The fraction of sp³-hybridized carbons (Fsp3) is 0.462. The monoisotopic (exact) mass is 500 g/mol. The van der Waals surface area contributed by atoms with Crippen molar-refractivity contribution >= 4 is 12.0 Å². The smallest absolute Gasteiger partial charge is 0.550 e. The molecular formula is C26H33FNNaO6. The molecule has 0 aliphatic rings. The largest absolute Gasteiger partial charge is 1.00 e. The molecule has 9 heteroatoms. The molecule has 0 aliphatic carbocycles. The van der Waals surface area contributed by atoms with Gasteiger partial charge in [-0.1, -0.05) is 45.1 Å². The van der Waals surface area contributed by atoms with E-state index in [9.17, 15) is 29.6 Å². The number of pyridine rings is 1. The fourth-order valence-electron chi connectivity index (χ4n) is 3.78. The summed E-state index contributed by atoms with van der Waals surface area (Å²) >= 11 is 0. The maximum absolute atomic E-state index is 13.8. The van der Waals surface area contributed by atoms with Gasteiger partial charge in [-0.2, -0.15) is 0 Å². The van der Waals surface area contributed by atoms with Crippen molar-refractivity contribution in [3.8, 4) is 11.1 Å². The number of benzene rings is 1. The number of nitrogens with zero attached hydrogens (tertiary/aromatic N) is 1. The number of rotatable bonds is 12. The number of halogens is 1. The summed E-state index contributed by atoms with van der Waals surface area (Å²) in [6.45, 7) is 4.87. The van der Waals surface area contributed by atoms with Gasteiger partial charge >= 0.3 is 29.6 Å².